The highest BCUT2D eigenvalue weighted by atomic mass is 16.5. The van der Waals surface area contributed by atoms with E-state index in [1.165, 1.54) is 0 Å². The van der Waals surface area contributed by atoms with Crippen LogP contribution in [0.2, 0.25) is 0 Å². The van der Waals surface area contributed by atoms with Gasteiger partial charge in [-0.2, -0.15) is 0 Å². The molecule has 0 unspecified atom stereocenters. The van der Waals surface area contributed by atoms with E-state index in [0.29, 0.717) is 43.4 Å². The summed E-state index contributed by atoms with van der Waals surface area (Å²) in [6.07, 6.45) is 1.99. The molecule has 0 saturated carbocycles. The highest BCUT2D eigenvalue weighted by Crippen LogP contribution is 2.27. The Morgan fingerprint density at radius 1 is 1.07 bits per heavy atom. The van der Waals surface area contributed by atoms with Crippen LogP contribution in [0, 0.1) is 6.92 Å². The predicted molar refractivity (Wildman–Crippen MR) is 114 cm³/mol. The van der Waals surface area contributed by atoms with Gasteiger partial charge in [0, 0.05) is 24.5 Å². The Kier molecular flexibility index (Phi) is 7.49. The van der Waals surface area contributed by atoms with Crippen LogP contribution in [0.25, 0.3) is 11.5 Å². The molecule has 3 aromatic rings. The normalized spacial score (nSPS) is 10.7. The molecule has 0 bridgehead atoms. The zero-order chi connectivity index (χ0) is 21.3. The number of aryl methyl sites for hydroxylation is 2. The molecule has 2 aromatic carbocycles. The SMILES string of the molecule is CCCOc1cc(OCCc2nc(-c3ccccc3)oc2C)ccc1CCC(=O)O. The number of oxazole rings is 1. The maximum absolute atomic E-state index is 10.9. The van der Waals surface area contributed by atoms with Gasteiger partial charge in [0.2, 0.25) is 5.89 Å². The van der Waals surface area contributed by atoms with Gasteiger partial charge in [-0.05, 0) is 43.5 Å². The molecule has 0 fully saturated rings. The monoisotopic (exact) mass is 409 g/mol. The van der Waals surface area contributed by atoms with Crippen molar-refractivity contribution < 1.29 is 23.8 Å². The summed E-state index contributed by atoms with van der Waals surface area (Å²) in [5.74, 6) is 1.94. The summed E-state index contributed by atoms with van der Waals surface area (Å²) < 4.78 is 17.5. The molecule has 0 saturated heterocycles. The number of hydrogen-bond donors (Lipinski definition) is 1. The highest BCUT2D eigenvalue weighted by molar-refractivity contribution is 5.67. The van der Waals surface area contributed by atoms with Gasteiger partial charge in [0.05, 0.1) is 18.9 Å². The van der Waals surface area contributed by atoms with Gasteiger partial charge in [-0.3, -0.25) is 4.79 Å². The number of carboxylic acid groups (broad SMARTS) is 1. The molecule has 30 heavy (non-hydrogen) atoms. The third kappa shape index (κ3) is 5.86. The van der Waals surface area contributed by atoms with E-state index in [0.717, 1.165) is 29.0 Å². The van der Waals surface area contributed by atoms with E-state index in [9.17, 15) is 4.79 Å². The molecule has 1 aromatic heterocycles. The third-order valence-corrected chi connectivity index (χ3v) is 4.63. The van der Waals surface area contributed by atoms with Crippen molar-refractivity contribution in [3.63, 3.8) is 0 Å². The molecule has 1 N–H and O–H groups in total. The number of carboxylic acids is 1. The van der Waals surface area contributed by atoms with Gasteiger partial charge in [-0.1, -0.05) is 31.2 Å². The van der Waals surface area contributed by atoms with Crippen molar-refractivity contribution in [2.24, 2.45) is 0 Å². The van der Waals surface area contributed by atoms with Crippen LogP contribution in [-0.4, -0.2) is 29.3 Å². The van der Waals surface area contributed by atoms with Crippen molar-refractivity contribution in [2.75, 3.05) is 13.2 Å². The molecule has 6 nitrogen and oxygen atoms in total. The summed E-state index contributed by atoms with van der Waals surface area (Å²) in [6, 6.07) is 15.4. The number of ether oxygens (including phenoxy) is 2. The molecule has 1 heterocycles. The number of aliphatic carboxylic acids is 1. The van der Waals surface area contributed by atoms with Gasteiger partial charge in [-0.25, -0.2) is 4.98 Å². The minimum Gasteiger partial charge on any atom is -0.493 e. The van der Waals surface area contributed by atoms with E-state index < -0.39 is 5.97 Å². The Morgan fingerprint density at radius 2 is 1.87 bits per heavy atom. The van der Waals surface area contributed by atoms with E-state index >= 15 is 0 Å². The molecule has 0 spiro atoms. The Bertz CT molecular complexity index is 965. The fraction of sp³-hybridized carbons (Fsp3) is 0.333. The maximum atomic E-state index is 10.9. The number of hydrogen-bond acceptors (Lipinski definition) is 5. The van der Waals surface area contributed by atoms with Crippen molar-refractivity contribution in [2.45, 2.75) is 39.5 Å². The number of carbonyl (C=O) groups is 1. The van der Waals surface area contributed by atoms with Crippen LogP contribution >= 0.6 is 0 Å². The Labute approximate surface area is 176 Å². The van der Waals surface area contributed by atoms with E-state index in [2.05, 4.69) is 4.98 Å². The summed E-state index contributed by atoms with van der Waals surface area (Å²) in [7, 11) is 0. The van der Waals surface area contributed by atoms with Crippen LogP contribution in [-0.2, 0) is 17.6 Å². The molecule has 158 valence electrons. The first-order valence-corrected chi connectivity index (χ1v) is 10.2. The van der Waals surface area contributed by atoms with Crippen LogP contribution in [0.5, 0.6) is 11.5 Å². The minimum atomic E-state index is -0.824. The summed E-state index contributed by atoms with van der Waals surface area (Å²) in [5.41, 5.74) is 2.69. The average Bonchev–Trinajstić information content (AvgIpc) is 3.12. The second-order valence-corrected chi connectivity index (χ2v) is 7.00. The molecule has 3 rings (SSSR count). The molecule has 0 aliphatic heterocycles. The van der Waals surface area contributed by atoms with E-state index in [1.807, 2.05) is 62.4 Å². The van der Waals surface area contributed by atoms with E-state index in [1.54, 1.807) is 0 Å². The molecule has 0 amide bonds. The average molecular weight is 409 g/mol. The van der Waals surface area contributed by atoms with Crippen molar-refractivity contribution in [1.29, 1.82) is 0 Å². The van der Waals surface area contributed by atoms with E-state index in [-0.39, 0.29) is 6.42 Å². The van der Waals surface area contributed by atoms with Crippen molar-refractivity contribution in [3.8, 4) is 23.0 Å². The predicted octanol–water partition coefficient (Wildman–Crippen LogP) is 5.08. The summed E-state index contributed by atoms with van der Waals surface area (Å²) in [4.78, 5) is 15.5. The lowest BCUT2D eigenvalue weighted by Crippen LogP contribution is -2.05. The third-order valence-electron chi connectivity index (χ3n) is 4.63. The molecule has 0 radical (unpaired) electrons. The topological polar surface area (TPSA) is 81.8 Å². The highest BCUT2D eigenvalue weighted by Gasteiger charge is 2.12. The number of rotatable bonds is 11. The first-order chi connectivity index (χ1) is 14.6. The fourth-order valence-electron chi connectivity index (χ4n) is 3.05. The smallest absolute Gasteiger partial charge is 0.303 e. The van der Waals surface area contributed by atoms with Crippen LogP contribution in [0.3, 0.4) is 0 Å². The van der Waals surface area contributed by atoms with Gasteiger partial charge < -0.3 is 19.0 Å². The quantitative estimate of drug-likeness (QED) is 0.476. The zero-order valence-electron chi connectivity index (χ0n) is 17.4. The fourth-order valence-corrected chi connectivity index (χ4v) is 3.05. The first kappa shape index (κ1) is 21.4. The van der Waals surface area contributed by atoms with Crippen molar-refractivity contribution in [1.82, 2.24) is 4.98 Å². The second-order valence-electron chi connectivity index (χ2n) is 7.00. The molecular formula is C24H27NO5. The standard InChI is InChI=1S/C24H27NO5/c1-3-14-29-22-16-20(11-9-18(22)10-12-23(26)27)28-15-13-21-17(2)30-24(25-21)19-7-5-4-6-8-19/h4-9,11,16H,3,10,12-15H2,1-2H3,(H,26,27). The van der Waals surface area contributed by atoms with Gasteiger partial charge in [-0.15, -0.1) is 0 Å². The molecule has 0 aliphatic rings. The summed E-state index contributed by atoms with van der Waals surface area (Å²) >= 11 is 0. The maximum Gasteiger partial charge on any atom is 0.303 e. The lowest BCUT2D eigenvalue weighted by molar-refractivity contribution is -0.136. The molecular weight excluding hydrogens is 382 g/mol. The second kappa shape index (κ2) is 10.5. The van der Waals surface area contributed by atoms with Gasteiger partial charge in [0.25, 0.3) is 0 Å². The van der Waals surface area contributed by atoms with Gasteiger partial charge in [0.15, 0.2) is 0 Å². The first-order valence-electron chi connectivity index (χ1n) is 10.2. The number of aromatic nitrogens is 1. The lowest BCUT2D eigenvalue weighted by Gasteiger charge is -2.13. The minimum absolute atomic E-state index is 0.0673. The Hall–Kier alpha value is -3.28. The largest absolute Gasteiger partial charge is 0.493 e. The lowest BCUT2D eigenvalue weighted by atomic mass is 10.1. The van der Waals surface area contributed by atoms with Crippen molar-refractivity contribution >= 4 is 5.97 Å². The van der Waals surface area contributed by atoms with Gasteiger partial charge >= 0.3 is 5.97 Å². The van der Waals surface area contributed by atoms with Crippen LogP contribution in [0.15, 0.2) is 52.9 Å². The van der Waals surface area contributed by atoms with Crippen LogP contribution in [0.1, 0.15) is 36.8 Å². The molecule has 0 atom stereocenters. The Morgan fingerprint density at radius 3 is 2.60 bits per heavy atom. The molecule has 0 aliphatic carbocycles. The van der Waals surface area contributed by atoms with Crippen LogP contribution < -0.4 is 9.47 Å². The summed E-state index contributed by atoms with van der Waals surface area (Å²) in [5, 5.41) is 8.94. The van der Waals surface area contributed by atoms with E-state index in [4.69, 9.17) is 19.0 Å². The summed E-state index contributed by atoms with van der Waals surface area (Å²) in [6.45, 7) is 4.96. The van der Waals surface area contributed by atoms with Crippen molar-refractivity contribution in [3.05, 3.63) is 65.5 Å². The Balaban J connectivity index is 1.62. The number of benzene rings is 2. The number of nitrogens with zero attached hydrogens (tertiary/aromatic N) is 1. The van der Waals surface area contributed by atoms with Gasteiger partial charge in [0.1, 0.15) is 17.3 Å². The zero-order valence-corrected chi connectivity index (χ0v) is 17.4. The van der Waals surface area contributed by atoms with Crippen LogP contribution in [0.4, 0.5) is 0 Å². The molecule has 6 heteroatoms.